The Kier molecular flexibility index (Phi) is 9.88. The fourth-order valence-electron chi connectivity index (χ4n) is 13.9. The second kappa shape index (κ2) is 16.1. The minimum atomic E-state index is -0.120. The highest BCUT2D eigenvalue weighted by Crippen LogP contribution is 2.56. The van der Waals surface area contributed by atoms with Crippen LogP contribution in [0.3, 0.4) is 0 Å². The van der Waals surface area contributed by atoms with Gasteiger partial charge in [-0.2, -0.15) is 0 Å². The SMILES string of the molecule is Cc1cc2c3c(c1)N(c1ccc(C(C)(C)C)cc1)c1c(cc(-n4c5ccccc5c5c6c(ccc54)C(C)(C)c4ccccc4-6)c4sc5ccccc5c14)B3c1sc3ccc(C(C)(C)C)cc3c1N2c1ccc(C(C)(C)C)cc1. The fourth-order valence-corrected chi connectivity index (χ4v) is 16.4. The maximum Gasteiger partial charge on any atom is 0.264 e. The number of hydrogen-bond acceptors (Lipinski definition) is 4. The minimum Gasteiger partial charge on any atom is -0.311 e. The zero-order valence-electron chi connectivity index (χ0n) is 46.9. The first-order valence-corrected chi connectivity index (χ1v) is 29.6. The number of nitrogens with zero attached hydrogens (tertiary/aromatic N) is 3. The van der Waals surface area contributed by atoms with Gasteiger partial charge >= 0.3 is 0 Å². The van der Waals surface area contributed by atoms with Crippen LogP contribution in [-0.2, 0) is 21.7 Å². The standard InChI is InChI=1S/C72H64BN3S2/c1-41-37-56-64-57(38-41)75(46-32-27-43(28-33-46)70(5,6)7)66-53(73(64)68-65(50-39-44(71(8,9)10)29-36-60(50)78-68)74(56)45-30-25-42(26-31-45)69(2,3)4)40-58(67-63(66)49-21-15-18-24-59(49)77-67)76-54-23-17-14-20-48(54)62-55(76)35-34-52-61(62)47-19-13-16-22-51(47)72(52,11)12/h13-40H,1-12H3. The molecule has 0 unspecified atom stereocenters. The predicted molar refractivity (Wildman–Crippen MR) is 341 cm³/mol. The number of thiophene rings is 2. The van der Waals surface area contributed by atoms with E-state index in [9.17, 15) is 0 Å². The molecule has 0 atom stereocenters. The third-order valence-electron chi connectivity index (χ3n) is 17.9. The molecule has 1 aliphatic carbocycles. The van der Waals surface area contributed by atoms with Crippen molar-refractivity contribution >= 4 is 131 Å². The summed E-state index contributed by atoms with van der Waals surface area (Å²) in [6, 6.07) is 66.4. The van der Waals surface area contributed by atoms with Crippen LogP contribution in [-0.4, -0.2) is 11.3 Å². The summed E-state index contributed by atoms with van der Waals surface area (Å²) >= 11 is 3.94. The molecule has 0 N–H and O–H groups in total. The predicted octanol–water partition coefficient (Wildman–Crippen LogP) is 19.0. The molecule has 0 saturated carbocycles. The third-order valence-corrected chi connectivity index (χ3v) is 20.3. The molecule has 0 spiro atoms. The maximum atomic E-state index is 2.67. The first-order chi connectivity index (χ1) is 37.3. The summed E-state index contributed by atoms with van der Waals surface area (Å²) in [7, 11) is 0. The van der Waals surface area contributed by atoms with Crippen LogP contribution in [0.2, 0.25) is 0 Å². The summed E-state index contributed by atoms with van der Waals surface area (Å²) in [4.78, 5) is 5.32. The van der Waals surface area contributed by atoms with E-state index in [4.69, 9.17) is 0 Å². The molecule has 9 aromatic carbocycles. The van der Waals surface area contributed by atoms with Gasteiger partial charge in [0.15, 0.2) is 0 Å². The number of fused-ring (bicyclic) bond motifs is 17. The van der Waals surface area contributed by atoms with Gasteiger partial charge in [-0.05, 0) is 151 Å². The summed E-state index contributed by atoms with van der Waals surface area (Å²) < 4.78 is 7.96. The van der Waals surface area contributed by atoms with Gasteiger partial charge in [0.05, 0.1) is 32.8 Å². The molecule has 0 bridgehead atoms. The van der Waals surface area contributed by atoms with Crippen LogP contribution in [0.25, 0.3) is 68.9 Å². The molecule has 78 heavy (non-hydrogen) atoms. The van der Waals surface area contributed by atoms with Gasteiger partial charge in [-0.25, -0.2) is 0 Å². The van der Waals surface area contributed by atoms with Crippen LogP contribution in [0.5, 0.6) is 0 Å². The second-order valence-corrected chi connectivity index (χ2v) is 28.4. The molecule has 5 heterocycles. The van der Waals surface area contributed by atoms with Crippen molar-refractivity contribution in [2.24, 2.45) is 0 Å². The van der Waals surface area contributed by atoms with Crippen LogP contribution in [0, 0.1) is 6.92 Å². The quantitative estimate of drug-likeness (QED) is 0.163. The number of benzene rings is 9. The molecule has 382 valence electrons. The van der Waals surface area contributed by atoms with E-state index in [0.29, 0.717) is 0 Å². The van der Waals surface area contributed by atoms with E-state index in [1.165, 1.54) is 152 Å². The Morgan fingerprint density at radius 3 is 1.71 bits per heavy atom. The highest BCUT2D eigenvalue weighted by atomic mass is 32.1. The first kappa shape index (κ1) is 47.8. The van der Waals surface area contributed by atoms with E-state index < -0.39 is 0 Å². The van der Waals surface area contributed by atoms with Gasteiger partial charge < -0.3 is 14.4 Å². The molecule has 12 aromatic rings. The van der Waals surface area contributed by atoms with Crippen LogP contribution < -0.4 is 25.5 Å². The van der Waals surface area contributed by atoms with Crippen molar-refractivity contribution in [3.63, 3.8) is 0 Å². The molecule has 0 fully saturated rings. The summed E-state index contributed by atoms with van der Waals surface area (Å²) in [5.41, 5.74) is 24.5. The van der Waals surface area contributed by atoms with Crippen molar-refractivity contribution in [3.8, 4) is 16.8 Å². The molecular formula is C72H64BN3S2. The average molecular weight is 1050 g/mol. The lowest BCUT2D eigenvalue weighted by Crippen LogP contribution is -2.60. The van der Waals surface area contributed by atoms with Gasteiger partial charge in [0, 0.05) is 69.3 Å². The second-order valence-electron chi connectivity index (χ2n) is 26.2. The number of hydrogen-bond donors (Lipinski definition) is 0. The first-order valence-electron chi connectivity index (χ1n) is 28.0. The van der Waals surface area contributed by atoms with E-state index in [0.717, 1.165) is 0 Å². The highest BCUT2D eigenvalue weighted by Gasteiger charge is 2.47. The number of anilines is 6. The summed E-state index contributed by atoms with van der Waals surface area (Å²) in [5, 5.41) is 6.56. The monoisotopic (exact) mass is 1050 g/mol. The van der Waals surface area contributed by atoms with Crippen molar-refractivity contribution in [1.29, 1.82) is 0 Å². The molecular weight excluding hydrogens is 982 g/mol. The van der Waals surface area contributed by atoms with Crippen LogP contribution in [0.1, 0.15) is 110 Å². The Balaban J connectivity index is 1.11. The summed E-state index contributed by atoms with van der Waals surface area (Å²) in [6.45, 7) is 28.0. The van der Waals surface area contributed by atoms with Gasteiger partial charge in [-0.3, -0.25) is 0 Å². The number of aryl methyl sites for hydroxylation is 1. The van der Waals surface area contributed by atoms with Crippen LogP contribution >= 0.6 is 22.7 Å². The van der Waals surface area contributed by atoms with Crippen molar-refractivity contribution in [3.05, 3.63) is 203 Å². The average Bonchev–Trinajstić information content (AvgIpc) is 3.16. The number of para-hydroxylation sites is 1. The zero-order chi connectivity index (χ0) is 53.7. The molecule has 0 amide bonds. The Morgan fingerprint density at radius 2 is 1.04 bits per heavy atom. The minimum absolute atomic E-state index is 0.00535. The number of aromatic nitrogens is 1. The molecule has 0 saturated heterocycles. The van der Waals surface area contributed by atoms with Crippen molar-refractivity contribution in [1.82, 2.24) is 4.57 Å². The third kappa shape index (κ3) is 6.63. The van der Waals surface area contributed by atoms with E-state index in [-0.39, 0.29) is 28.4 Å². The summed E-state index contributed by atoms with van der Waals surface area (Å²) in [6.07, 6.45) is 0. The molecule has 3 nitrogen and oxygen atoms in total. The highest BCUT2D eigenvalue weighted by molar-refractivity contribution is 7.34. The summed E-state index contributed by atoms with van der Waals surface area (Å²) in [5.74, 6) is 0. The Morgan fingerprint density at radius 1 is 0.462 bits per heavy atom. The molecule has 3 aromatic heterocycles. The van der Waals surface area contributed by atoms with E-state index in [2.05, 4.69) is 267 Å². The van der Waals surface area contributed by atoms with Crippen LogP contribution in [0.15, 0.2) is 170 Å². The van der Waals surface area contributed by atoms with Gasteiger partial charge in [0.25, 0.3) is 6.71 Å². The zero-order valence-corrected chi connectivity index (χ0v) is 48.5. The van der Waals surface area contributed by atoms with Crippen molar-refractivity contribution in [2.45, 2.75) is 105 Å². The normalized spacial score (nSPS) is 14.7. The molecule has 2 aliphatic heterocycles. The fraction of sp³-hybridized carbons (Fsp3) is 0.222. The van der Waals surface area contributed by atoms with Gasteiger partial charge in [-0.1, -0.05) is 173 Å². The van der Waals surface area contributed by atoms with E-state index in [1.54, 1.807) is 0 Å². The van der Waals surface area contributed by atoms with Crippen molar-refractivity contribution in [2.75, 3.05) is 9.80 Å². The van der Waals surface area contributed by atoms with Gasteiger partial charge in [0.1, 0.15) is 0 Å². The molecule has 0 radical (unpaired) electrons. The molecule has 15 rings (SSSR count). The lowest BCUT2D eigenvalue weighted by molar-refractivity contribution is 0.590. The lowest BCUT2D eigenvalue weighted by Gasteiger charge is -2.44. The Labute approximate surface area is 467 Å². The van der Waals surface area contributed by atoms with E-state index in [1.807, 2.05) is 22.7 Å². The van der Waals surface area contributed by atoms with Crippen LogP contribution in [0.4, 0.5) is 34.1 Å². The van der Waals surface area contributed by atoms with Crippen molar-refractivity contribution < 1.29 is 0 Å². The maximum absolute atomic E-state index is 2.67. The topological polar surface area (TPSA) is 11.4 Å². The largest absolute Gasteiger partial charge is 0.311 e. The number of rotatable bonds is 3. The Hall–Kier alpha value is -7.38. The molecule has 3 aliphatic rings. The smallest absolute Gasteiger partial charge is 0.264 e. The van der Waals surface area contributed by atoms with Gasteiger partial charge in [0.2, 0.25) is 0 Å². The molecule has 6 heteroatoms. The van der Waals surface area contributed by atoms with E-state index >= 15 is 0 Å². The Bertz CT molecular complexity index is 4540. The lowest BCUT2D eigenvalue weighted by atomic mass is 9.36. The van der Waals surface area contributed by atoms with Gasteiger partial charge in [-0.15, -0.1) is 22.7 Å².